The van der Waals surface area contributed by atoms with Gasteiger partial charge in [0.25, 0.3) is 5.69 Å². The van der Waals surface area contributed by atoms with Crippen molar-refractivity contribution < 1.29 is 14.8 Å². The maximum atomic E-state index is 10.5. The number of nitrogens with zero attached hydrogens (tertiary/aromatic N) is 1. The van der Waals surface area contributed by atoms with Crippen LogP contribution in [-0.2, 0) is 0 Å². The molecule has 1 N–H and O–H groups in total. The van der Waals surface area contributed by atoms with Gasteiger partial charge in [-0.2, -0.15) is 0 Å². The van der Waals surface area contributed by atoms with Crippen molar-refractivity contribution in [2.75, 3.05) is 6.61 Å². The Morgan fingerprint density at radius 3 is 2.75 bits per heavy atom. The maximum absolute atomic E-state index is 10.5. The Morgan fingerprint density at radius 2 is 2.25 bits per heavy atom. The van der Waals surface area contributed by atoms with Gasteiger partial charge < -0.3 is 9.84 Å². The zero-order valence-corrected chi connectivity index (χ0v) is 9.34. The van der Waals surface area contributed by atoms with E-state index in [1.165, 1.54) is 12.1 Å². The fourth-order valence-electron chi connectivity index (χ4n) is 1.25. The van der Waals surface area contributed by atoms with Crippen LogP contribution in [0.4, 0.5) is 5.69 Å². The zero-order valence-electron chi connectivity index (χ0n) is 9.34. The molecule has 0 fully saturated rings. The summed E-state index contributed by atoms with van der Waals surface area (Å²) >= 11 is 0. The summed E-state index contributed by atoms with van der Waals surface area (Å²) in [5.41, 5.74) is 0.778. The van der Waals surface area contributed by atoms with E-state index in [0.717, 1.165) is 5.56 Å². The van der Waals surface area contributed by atoms with Crippen LogP contribution in [0.2, 0.25) is 0 Å². The Balaban J connectivity index is 2.64. The summed E-state index contributed by atoms with van der Waals surface area (Å²) in [6.45, 7) is 3.84. The fraction of sp³-hybridized carbons (Fsp3) is 0.455. The van der Waals surface area contributed by atoms with E-state index in [2.05, 4.69) is 0 Å². The molecule has 0 aliphatic heterocycles. The summed E-state index contributed by atoms with van der Waals surface area (Å²) in [5, 5.41) is 19.5. The summed E-state index contributed by atoms with van der Waals surface area (Å²) in [4.78, 5) is 10.1. The number of benzene rings is 1. The molecule has 16 heavy (non-hydrogen) atoms. The third-order valence-electron chi connectivity index (χ3n) is 2.16. The average Bonchev–Trinajstić information content (AvgIpc) is 2.19. The van der Waals surface area contributed by atoms with Crippen molar-refractivity contribution in [2.24, 2.45) is 0 Å². The molecule has 0 heterocycles. The molecule has 0 radical (unpaired) electrons. The highest BCUT2D eigenvalue weighted by atomic mass is 16.6. The van der Waals surface area contributed by atoms with E-state index < -0.39 is 11.0 Å². The van der Waals surface area contributed by atoms with Crippen molar-refractivity contribution in [3.05, 3.63) is 33.9 Å². The molecule has 0 amide bonds. The average molecular weight is 225 g/mol. The van der Waals surface area contributed by atoms with E-state index in [0.29, 0.717) is 18.8 Å². The van der Waals surface area contributed by atoms with Crippen molar-refractivity contribution in [3.8, 4) is 5.75 Å². The van der Waals surface area contributed by atoms with Gasteiger partial charge in [0.05, 0.1) is 17.6 Å². The molecular formula is C11H15NO4. The topological polar surface area (TPSA) is 72.6 Å². The predicted molar refractivity (Wildman–Crippen MR) is 59.6 cm³/mol. The lowest BCUT2D eigenvalue weighted by atomic mass is 10.2. The molecule has 0 aliphatic carbocycles. The number of aliphatic hydroxyl groups excluding tert-OH is 1. The smallest absolute Gasteiger partial charge is 0.269 e. The molecule has 0 aromatic heterocycles. The van der Waals surface area contributed by atoms with Gasteiger partial charge in [-0.05, 0) is 25.5 Å². The molecule has 88 valence electrons. The number of non-ortho nitro benzene ring substituents is 1. The van der Waals surface area contributed by atoms with Crippen molar-refractivity contribution >= 4 is 5.69 Å². The molecule has 1 atom stereocenters. The van der Waals surface area contributed by atoms with Crippen LogP contribution in [0.1, 0.15) is 18.9 Å². The van der Waals surface area contributed by atoms with Crippen LogP contribution >= 0.6 is 0 Å². The molecule has 0 spiro atoms. The molecule has 1 aromatic carbocycles. The van der Waals surface area contributed by atoms with Crippen molar-refractivity contribution in [1.29, 1.82) is 0 Å². The third kappa shape index (κ3) is 3.51. The zero-order chi connectivity index (χ0) is 12.1. The molecule has 1 aromatic rings. The molecule has 1 rings (SSSR count). The Kier molecular flexibility index (Phi) is 4.25. The van der Waals surface area contributed by atoms with Crippen molar-refractivity contribution in [2.45, 2.75) is 26.4 Å². The minimum atomic E-state index is -0.438. The van der Waals surface area contributed by atoms with Gasteiger partial charge in [0.15, 0.2) is 0 Å². The maximum Gasteiger partial charge on any atom is 0.269 e. The highest BCUT2D eigenvalue weighted by Gasteiger charge is 2.08. The summed E-state index contributed by atoms with van der Waals surface area (Å²) < 4.78 is 5.40. The molecule has 5 heteroatoms. The Hall–Kier alpha value is -1.62. The number of nitro benzene ring substituents is 1. The van der Waals surface area contributed by atoms with Gasteiger partial charge in [-0.3, -0.25) is 10.1 Å². The van der Waals surface area contributed by atoms with E-state index in [1.807, 2.05) is 0 Å². The molecule has 1 unspecified atom stereocenters. The molecule has 0 saturated carbocycles. The van der Waals surface area contributed by atoms with Gasteiger partial charge in [-0.25, -0.2) is 0 Å². The lowest BCUT2D eigenvalue weighted by molar-refractivity contribution is -0.384. The molecular weight excluding hydrogens is 210 g/mol. The van der Waals surface area contributed by atoms with E-state index in [4.69, 9.17) is 9.84 Å². The number of aryl methyl sites for hydroxylation is 1. The monoisotopic (exact) mass is 225 g/mol. The van der Waals surface area contributed by atoms with E-state index in [9.17, 15) is 10.1 Å². The highest BCUT2D eigenvalue weighted by molar-refractivity contribution is 5.42. The van der Waals surface area contributed by atoms with Gasteiger partial charge in [0.1, 0.15) is 5.75 Å². The van der Waals surface area contributed by atoms with Gasteiger partial charge >= 0.3 is 0 Å². The summed E-state index contributed by atoms with van der Waals surface area (Å²) in [7, 11) is 0. The van der Waals surface area contributed by atoms with Crippen LogP contribution in [0.25, 0.3) is 0 Å². The van der Waals surface area contributed by atoms with Gasteiger partial charge in [0.2, 0.25) is 0 Å². The summed E-state index contributed by atoms with van der Waals surface area (Å²) in [6.07, 6.45) is 0.134. The van der Waals surface area contributed by atoms with Gasteiger partial charge in [-0.15, -0.1) is 0 Å². The first-order valence-corrected chi connectivity index (χ1v) is 5.06. The Bertz CT molecular complexity index is 376. The number of hydrogen-bond donors (Lipinski definition) is 1. The first-order valence-electron chi connectivity index (χ1n) is 5.06. The molecule has 0 saturated heterocycles. The largest absolute Gasteiger partial charge is 0.493 e. The van der Waals surface area contributed by atoms with Crippen LogP contribution < -0.4 is 4.74 Å². The minimum Gasteiger partial charge on any atom is -0.493 e. The normalized spacial score (nSPS) is 12.2. The number of nitro groups is 1. The van der Waals surface area contributed by atoms with Crippen LogP contribution in [0.5, 0.6) is 5.75 Å². The van der Waals surface area contributed by atoms with Crippen molar-refractivity contribution in [3.63, 3.8) is 0 Å². The van der Waals surface area contributed by atoms with Crippen molar-refractivity contribution in [1.82, 2.24) is 0 Å². The molecule has 5 nitrogen and oxygen atoms in total. The standard InChI is InChI=1S/C11H15NO4/c1-8-7-10(12(14)15)3-4-11(8)16-6-5-9(2)13/h3-4,7,9,13H,5-6H2,1-2H3. The number of hydrogen-bond acceptors (Lipinski definition) is 4. The quantitative estimate of drug-likeness (QED) is 0.614. The number of rotatable bonds is 5. The lowest BCUT2D eigenvalue weighted by Crippen LogP contribution is -2.08. The van der Waals surface area contributed by atoms with E-state index in [1.54, 1.807) is 19.9 Å². The first kappa shape index (κ1) is 12.4. The van der Waals surface area contributed by atoms with Crippen LogP contribution in [-0.4, -0.2) is 22.7 Å². The SMILES string of the molecule is Cc1cc([N+](=O)[O-])ccc1OCCC(C)O. The second-order valence-corrected chi connectivity index (χ2v) is 3.69. The lowest BCUT2D eigenvalue weighted by Gasteiger charge is -2.09. The van der Waals surface area contributed by atoms with Crippen LogP contribution in [0.15, 0.2) is 18.2 Å². The highest BCUT2D eigenvalue weighted by Crippen LogP contribution is 2.23. The second-order valence-electron chi connectivity index (χ2n) is 3.69. The predicted octanol–water partition coefficient (Wildman–Crippen LogP) is 2.05. The molecule has 0 aliphatic rings. The number of ether oxygens (including phenoxy) is 1. The number of aliphatic hydroxyl groups is 1. The van der Waals surface area contributed by atoms with Gasteiger partial charge in [-0.1, -0.05) is 0 Å². The molecule has 0 bridgehead atoms. The summed E-state index contributed by atoms with van der Waals surface area (Å²) in [6, 6.07) is 4.46. The van der Waals surface area contributed by atoms with E-state index >= 15 is 0 Å². The Morgan fingerprint density at radius 1 is 1.56 bits per heavy atom. The Labute approximate surface area is 93.8 Å². The fourth-order valence-corrected chi connectivity index (χ4v) is 1.25. The van der Waals surface area contributed by atoms with Crippen LogP contribution in [0, 0.1) is 17.0 Å². The van der Waals surface area contributed by atoms with E-state index in [-0.39, 0.29) is 5.69 Å². The summed E-state index contributed by atoms with van der Waals surface area (Å²) in [5.74, 6) is 0.617. The minimum absolute atomic E-state index is 0.0559. The second kappa shape index (κ2) is 5.46. The first-order chi connectivity index (χ1) is 7.50. The van der Waals surface area contributed by atoms with Crippen LogP contribution in [0.3, 0.4) is 0 Å². The van der Waals surface area contributed by atoms with Gasteiger partial charge in [0, 0.05) is 18.6 Å². The third-order valence-corrected chi connectivity index (χ3v) is 2.16.